The van der Waals surface area contributed by atoms with Crippen LogP contribution in [0.2, 0.25) is 5.02 Å². The second-order valence-electron chi connectivity index (χ2n) is 5.01. The number of carbonyl (C=O) groups is 2. The molecule has 1 aromatic rings. The number of hydrogen-bond donors (Lipinski definition) is 4. The van der Waals surface area contributed by atoms with Gasteiger partial charge in [-0.3, -0.25) is 14.1 Å². The Balaban J connectivity index is 2.74. The van der Waals surface area contributed by atoms with Gasteiger partial charge in [-0.2, -0.15) is 8.42 Å². The Kier molecular flexibility index (Phi) is 6.96. The average Bonchev–Trinajstić information content (AvgIpc) is 2.45. The van der Waals surface area contributed by atoms with Gasteiger partial charge in [0.15, 0.2) is 0 Å². The van der Waals surface area contributed by atoms with Crippen LogP contribution in [0.25, 0.3) is 0 Å². The van der Waals surface area contributed by atoms with Gasteiger partial charge in [0.2, 0.25) is 5.91 Å². The fraction of sp³-hybridized carbons (Fsp3) is 0.385. The topological polar surface area (TPSA) is 170 Å². The molecule has 11 heteroatoms. The molecule has 0 unspecified atom stereocenters. The van der Waals surface area contributed by atoms with Crippen molar-refractivity contribution in [2.24, 2.45) is 11.5 Å². The summed E-state index contributed by atoms with van der Waals surface area (Å²) in [6.45, 7) is -0.182. The van der Waals surface area contributed by atoms with Crippen molar-refractivity contribution >= 4 is 33.6 Å². The molecule has 0 aromatic heterocycles. The van der Waals surface area contributed by atoms with E-state index in [1.54, 1.807) is 0 Å². The normalized spacial score (nSPS) is 12.6. The van der Waals surface area contributed by atoms with E-state index < -0.39 is 45.1 Å². The summed E-state index contributed by atoms with van der Waals surface area (Å²) >= 11 is 5.71. The van der Waals surface area contributed by atoms with Crippen LogP contribution >= 0.6 is 11.6 Å². The maximum atomic E-state index is 11.7. The molecule has 0 heterocycles. The highest BCUT2D eigenvalue weighted by Crippen LogP contribution is 2.31. The molecule has 0 aliphatic carbocycles. The molecule has 0 saturated heterocycles. The van der Waals surface area contributed by atoms with Gasteiger partial charge in [0.25, 0.3) is 10.1 Å². The first-order valence-electron chi connectivity index (χ1n) is 6.69. The first-order valence-corrected chi connectivity index (χ1v) is 8.51. The number of ether oxygens (including phenoxy) is 1. The summed E-state index contributed by atoms with van der Waals surface area (Å²) in [5.41, 5.74) is 10.5. The molecule has 9 nitrogen and oxygen atoms in total. The zero-order valence-corrected chi connectivity index (χ0v) is 14.0. The van der Waals surface area contributed by atoms with Gasteiger partial charge in [0.1, 0.15) is 17.3 Å². The van der Waals surface area contributed by atoms with Gasteiger partial charge in [-0.15, -0.1) is 0 Å². The number of amides is 1. The molecule has 24 heavy (non-hydrogen) atoms. The predicted molar refractivity (Wildman–Crippen MR) is 84.0 cm³/mol. The lowest BCUT2D eigenvalue weighted by Crippen LogP contribution is -2.29. The maximum Gasteiger partial charge on any atom is 0.310 e. The molecule has 0 aliphatic rings. The number of esters is 1. The summed E-state index contributed by atoms with van der Waals surface area (Å²) in [5.74, 6) is -2.13. The van der Waals surface area contributed by atoms with Crippen LogP contribution in [-0.2, 0) is 30.9 Å². The predicted octanol–water partition coefficient (Wildman–Crippen LogP) is -0.0292. The standard InChI is InChI=1S/C13H17ClN2O7S/c14-8-3-7(13(19)10(5-8)24(20,21)22)4-12(18)23-6-9(15)1-2-11(16)17/h3,5,9,19H,1-2,4,6,15H2,(H2,16,17)(H,20,21,22)/t9-/m0/s1. The molecule has 0 bridgehead atoms. The summed E-state index contributed by atoms with van der Waals surface area (Å²) < 4.78 is 36.2. The zero-order chi connectivity index (χ0) is 18.5. The highest BCUT2D eigenvalue weighted by atomic mass is 35.5. The van der Waals surface area contributed by atoms with Gasteiger partial charge < -0.3 is 21.3 Å². The fourth-order valence-corrected chi connectivity index (χ4v) is 2.73. The minimum atomic E-state index is -4.71. The van der Waals surface area contributed by atoms with E-state index in [4.69, 9.17) is 32.4 Å². The van der Waals surface area contributed by atoms with E-state index in [9.17, 15) is 23.1 Å². The number of benzene rings is 1. The van der Waals surface area contributed by atoms with Crippen molar-refractivity contribution in [3.05, 3.63) is 22.7 Å². The zero-order valence-electron chi connectivity index (χ0n) is 12.4. The summed E-state index contributed by atoms with van der Waals surface area (Å²) in [5, 5.41) is 9.74. The molecule has 6 N–H and O–H groups in total. The SMILES string of the molecule is NC(=O)CC[C@H](N)COC(=O)Cc1cc(Cl)cc(S(=O)(=O)O)c1O. The molecular weight excluding hydrogens is 364 g/mol. The van der Waals surface area contributed by atoms with Crippen molar-refractivity contribution in [1.82, 2.24) is 0 Å². The molecule has 0 saturated carbocycles. The summed E-state index contributed by atoms with van der Waals surface area (Å²) in [6.07, 6.45) is -0.207. The first kappa shape index (κ1) is 20.2. The Labute approximate surface area is 143 Å². The largest absolute Gasteiger partial charge is 0.506 e. The summed E-state index contributed by atoms with van der Waals surface area (Å²) in [6, 6.07) is 1.42. The van der Waals surface area contributed by atoms with E-state index >= 15 is 0 Å². The number of rotatable bonds is 8. The summed E-state index contributed by atoms with van der Waals surface area (Å²) in [4.78, 5) is 21.5. The molecule has 1 rings (SSSR count). The average molecular weight is 381 g/mol. The second-order valence-corrected chi connectivity index (χ2v) is 6.84. The Morgan fingerprint density at radius 2 is 1.96 bits per heavy atom. The van der Waals surface area contributed by atoms with Crippen molar-refractivity contribution in [3.8, 4) is 5.75 Å². The van der Waals surface area contributed by atoms with Gasteiger partial charge in [0, 0.05) is 23.0 Å². The van der Waals surface area contributed by atoms with Crippen molar-refractivity contribution in [3.63, 3.8) is 0 Å². The number of phenolic OH excluding ortho intramolecular Hbond substituents is 1. The Hall–Kier alpha value is -1.88. The molecule has 1 atom stereocenters. The van der Waals surface area contributed by atoms with Gasteiger partial charge in [-0.1, -0.05) is 11.6 Å². The number of aromatic hydroxyl groups is 1. The lowest BCUT2D eigenvalue weighted by Gasteiger charge is -2.12. The van der Waals surface area contributed by atoms with Crippen LogP contribution in [0, 0.1) is 0 Å². The highest BCUT2D eigenvalue weighted by molar-refractivity contribution is 7.86. The van der Waals surface area contributed by atoms with E-state index in [0.29, 0.717) is 0 Å². The second kappa shape index (κ2) is 8.29. The van der Waals surface area contributed by atoms with Crippen LogP contribution in [0.4, 0.5) is 0 Å². The van der Waals surface area contributed by atoms with Gasteiger partial charge >= 0.3 is 5.97 Å². The monoisotopic (exact) mass is 380 g/mol. The van der Waals surface area contributed by atoms with Crippen LogP contribution in [0.3, 0.4) is 0 Å². The van der Waals surface area contributed by atoms with Crippen LogP contribution in [0.5, 0.6) is 5.75 Å². The summed E-state index contributed by atoms with van der Waals surface area (Å²) in [7, 11) is -4.71. The van der Waals surface area contributed by atoms with Crippen molar-refractivity contribution in [1.29, 1.82) is 0 Å². The number of halogens is 1. The van der Waals surface area contributed by atoms with Gasteiger partial charge in [0.05, 0.1) is 6.42 Å². The van der Waals surface area contributed by atoms with Gasteiger partial charge in [-0.05, 0) is 18.6 Å². The maximum absolute atomic E-state index is 11.7. The number of hydrogen-bond acceptors (Lipinski definition) is 7. The highest BCUT2D eigenvalue weighted by Gasteiger charge is 2.21. The molecule has 0 aliphatic heterocycles. The Bertz CT molecular complexity index is 736. The fourth-order valence-electron chi connectivity index (χ4n) is 1.78. The van der Waals surface area contributed by atoms with E-state index in [0.717, 1.165) is 6.07 Å². The molecular formula is C13H17ClN2O7S. The van der Waals surface area contributed by atoms with Crippen LogP contribution in [-0.4, -0.2) is 42.6 Å². The molecule has 1 aromatic carbocycles. The third kappa shape index (κ3) is 6.32. The van der Waals surface area contributed by atoms with Crippen LogP contribution in [0.1, 0.15) is 18.4 Å². The molecule has 134 valence electrons. The molecule has 0 radical (unpaired) electrons. The molecule has 0 spiro atoms. The lowest BCUT2D eigenvalue weighted by molar-refractivity contribution is -0.143. The number of primary amides is 1. The van der Waals surface area contributed by atoms with E-state index in [1.807, 2.05) is 0 Å². The van der Waals surface area contributed by atoms with Gasteiger partial charge in [-0.25, -0.2) is 0 Å². The van der Waals surface area contributed by atoms with Crippen LogP contribution in [0.15, 0.2) is 17.0 Å². The lowest BCUT2D eigenvalue weighted by atomic mass is 10.1. The minimum Gasteiger partial charge on any atom is -0.506 e. The number of carbonyl (C=O) groups excluding carboxylic acids is 2. The quantitative estimate of drug-likeness (QED) is 0.359. The Morgan fingerprint density at radius 1 is 1.33 bits per heavy atom. The Morgan fingerprint density at radius 3 is 2.50 bits per heavy atom. The number of phenols is 1. The number of nitrogens with two attached hydrogens (primary N) is 2. The first-order chi connectivity index (χ1) is 11.0. The molecule has 0 fully saturated rings. The third-order valence-electron chi connectivity index (χ3n) is 2.95. The molecule has 1 amide bonds. The van der Waals surface area contributed by atoms with E-state index in [1.165, 1.54) is 6.07 Å². The van der Waals surface area contributed by atoms with E-state index in [-0.39, 0.29) is 30.0 Å². The van der Waals surface area contributed by atoms with Crippen molar-refractivity contribution < 1.29 is 32.4 Å². The van der Waals surface area contributed by atoms with Crippen LogP contribution < -0.4 is 11.5 Å². The van der Waals surface area contributed by atoms with E-state index in [2.05, 4.69) is 0 Å². The minimum absolute atomic E-state index is 0.0471. The van der Waals surface area contributed by atoms with Crippen molar-refractivity contribution in [2.75, 3.05) is 6.61 Å². The third-order valence-corrected chi connectivity index (χ3v) is 4.04. The van der Waals surface area contributed by atoms with Crippen molar-refractivity contribution in [2.45, 2.75) is 30.2 Å². The smallest absolute Gasteiger partial charge is 0.310 e.